The molecule has 1 aliphatic carbocycles. The molecule has 1 aromatic heterocycles. The highest BCUT2D eigenvalue weighted by molar-refractivity contribution is 5.64. The number of hydrogen-bond acceptors (Lipinski definition) is 3. The van der Waals surface area contributed by atoms with Crippen molar-refractivity contribution in [2.75, 3.05) is 0 Å². The summed E-state index contributed by atoms with van der Waals surface area (Å²) >= 11 is 0. The smallest absolute Gasteiger partial charge is 0.133 e. The molecule has 1 unspecified atom stereocenters. The largest absolute Gasteiger partial charge is 0.244 e. The monoisotopic (exact) mass is 150 g/mol. The van der Waals surface area contributed by atoms with Crippen molar-refractivity contribution in [1.29, 1.82) is 0 Å². The molecule has 1 aromatic rings. The van der Waals surface area contributed by atoms with Gasteiger partial charge >= 0.3 is 0 Å². The molecule has 1 heterocycles. The maximum Gasteiger partial charge on any atom is 0.133 e. The van der Waals surface area contributed by atoms with Crippen LogP contribution in [0.2, 0.25) is 0 Å². The maximum absolute atomic E-state index is 4.67. The van der Waals surface area contributed by atoms with Crippen LogP contribution in [0.15, 0.2) is 10.7 Å². The first kappa shape index (κ1) is 6.58. The van der Waals surface area contributed by atoms with Crippen molar-refractivity contribution in [3.63, 3.8) is 0 Å². The minimum Gasteiger partial charge on any atom is -0.244 e. The van der Waals surface area contributed by atoms with E-state index < -0.39 is 0 Å². The lowest BCUT2D eigenvalue weighted by Gasteiger charge is -2.11. The van der Waals surface area contributed by atoms with Crippen LogP contribution in [0.1, 0.15) is 37.6 Å². The molecule has 0 N–H and O–H groups in total. The fourth-order valence-electron chi connectivity index (χ4n) is 1.35. The van der Waals surface area contributed by atoms with Crippen LogP contribution in [0, 0.1) is 0 Å². The zero-order chi connectivity index (χ0) is 7.84. The van der Waals surface area contributed by atoms with Gasteiger partial charge in [-0.3, -0.25) is 0 Å². The number of allylic oxidation sites excluding steroid dienone is 2. The van der Waals surface area contributed by atoms with Crippen LogP contribution in [0.25, 0.3) is 5.57 Å². The average Bonchev–Trinajstić information content (AvgIpc) is 2.45. The molecule has 1 atom stereocenters. The molecule has 0 radical (unpaired) electrons. The third kappa shape index (κ3) is 0.878. The molecule has 0 amide bonds. The van der Waals surface area contributed by atoms with Crippen LogP contribution in [0.3, 0.4) is 0 Å². The van der Waals surface area contributed by atoms with Crippen LogP contribution in [-0.2, 0) is 0 Å². The van der Waals surface area contributed by atoms with E-state index in [4.69, 9.17) is 0 Å². The number of rotatable bonds is 0. The summed E-state index contributed by atoms with van der Waals surface area (Å²) in [5.41, 5.74) is 3.12. The standard InChI is InChI=1S/C8H10N2O/c1-5-3-4-6(2)8-7(5)9-11-10-8/h3,6H,4H2,1-2H3. The van der Waals surface area contributed by atoms with Crippen molar-refractivity contribution in [3.05, 3.63) is 17.5 Å². The number of aromatic nitrogens is 2. The Bertz CT molecular complexity index is 301. The van der Waals surface area contributed by atoms with E-state index in [1.807, 2.05) is 6.92 Å². The van der Waals surface area contributed by atoms with Gasteiger partial charge in [-0.15, -0.1) is 0 Å². The summed E-state index contributed by atoms with van der Waals surface area (Å²) < 4.78 is 4.67. The minimum atomic E-state index is 0.458. The van der Waals surface area contributed by atoms with E-state index in [1.165, 1.54) is 5.57 Å². The Morgan fingerprint density at radius 3 is 3.09 bits per heavy atom. The van der Waals surface area contributed by atoms with Gasteiger partial charge in [0.1, 0.15) is 11.4 Å². The quantitative estimate of drug-likeness (QED) is 0.567. The van der Waals surface area contributed by atoms with Crippen LogP contribution in [0.4, 0.5) is 0 Å². The molecule has 58 valence electrons. The Kier molecular flexibility index (Phi) is 1.31. The van der Waals surface area contributed by atoms with Crippen molar-refractivity contribution in [1.82, 2.24) is 10.3 Å². The molecule has 0 spiro atoms. The summed E-state index contributed by atoms with van der Waals surface area (Å²) in [6.45, 7) is 4.17. The van der Waals surface area contributed by atoms with E-state index >= 15 is 0 Å². The Morgan fingerprint density at radius 1 is 1.55 bits per heavy atom. The molecule has 0 bridgehead atoms. The van der Waals surface area contributed by atoms with E-state index in [0.29, 0.717) is 5.92 Å². The van der Waals surface area contributed by atoms with Crippen molar-refractivity contribution in [2.24, 2.45) is 0 Å². The molecule has 0 fully saturated rings. The fourth-order valence-corrected chi connectivity index (χ4v) is 1.35. The molecule has 0 aliphatic heterocycles. The second-order valence-electron chi connectivity index (χ2n) is 3.02. The molecule has 2 rings (SSSR count). The fraction of sp³-hybridized carbons (Fsp3) is 0.500. The van der Waals surface area contributed by atoms with Crippen molar-refractivity contribution in [2.45, 2.75) is 26.2 Å². The topological polar surface area (TPSA) is 38.9 Å². The van der Waals surface area contributed by atoms with Gasteiger partial charge in [-0.1, -0.05) is 18.2 Å². The van der Waals surface area contributed by atoms with Gasteiger partial charge in [0.2, 0.25) is 0 Å². The molecule has 0 saturated carbocycles. The Balaban J connectivity index is 2.55. The summed E-state index contributed by atoms with van der Waals surface area (Å²) in [4.78, 5) is 0. The van der Waals surface area contributed by atoms with Gasteiger partial charge in [0, 0.05) is 5.92 Å². The molecule has 1 aliphatic rings. The molecule has 3 heteroatoms. The molecule has 0 saturated heterocycles. The first-order valence-electron chi connectivity index (χ1n) is 3.78. The highest BCUT2D eigenvalue weighted by Gasteiger charge is 2.21. The minimum absolute atomic E-state index is 0.458. The molecular weight excluding hydrogens is 140 g/mol. The Morgan fingerprint density at radius 2 is 2.36 bits per heavy atom. The Labute approximate surface area is 65.1 Å². The predicted octanol–water partition coefficient (Wildman–Crippen LogP) is 1.98. The predicted molar refractivity (Wildman–Crippen MR) is 41.0 cm³/mol. The zero-order valence-corrected chi connectivity index (χ0v) is 6.66. The van der Waals surface area contributed by atoms with E-state index in [9.17, 15) is 0 Å². The first-order chi connectivity index (χ1) is 5.29. The van der Waals surface area contributed by atoms with Crippen molar-refractivity contribution in [3.8, 4) is 0 Å². The van der Waals surface area contributed by atoms with Crippen molar-refractivity contribution >= 4 is 5.57 Å². The summed E-state index contributed by atoms with van der Waals surface area (Å²) in [6.07, 6.45) is 3.23. The SMILES string of the molecule is CC1=CCC(C)c2nonc21. The molecule has 11 heavy (non-hydrogen) atoms. The van der Waals surface area contributed by atoms with Gasteiger partial charge in [0.25, 0.3) is 0 Å². The summed E-state index contributed by atoms with van der Waals surface area (Å²) in [6, 6.07) is 0. The zero-order valence-electron chi connectivity index (χ0n) is 6.66. The van der Waals surface area contributed by atoms with E-state index in [1.54, 1.807) is 0 Å². The van der Waals surface area contributed by atoms with E-state index in [2.05, 4.69) is 27.9 Å². The van der Waals surface area contributed by atoms with Crippen molar-refractivity contribution < 1.29 is 4.63 Å². The normalized spacial score (nSPS) is 22.7. The lowest BCUT2D eigenvalue weighted by molar-refractivity contribution is 0.301. The molecular formula is C8H10N2O. The molecule has 3 nitrogen and oxygen atoms in total. The van der Waals surface area contributed by atoms with Crippen LogP contribution in [0.5, 0.6) is 0 Å². The van der Waals surface area contributed by atoms with Crippen LogP contribution < -0.4 is 0 Å². The van der Waals surface area contributed by atoms with Gasteiger partial charge in [-0.05, 0) is 24.1 Å². The van der Waals surface area contributed by atoms with Gasteiger partial charge in [0.05, 0.1) is 0 Å². The summed E-state index contributed by atoms with van der Waals surface area (Å²) in [7, 11) is 0. The van der Waals surface area contributed by atoms with Gasteiger partial charge in [-0.25, -0.2) is 4.63 Å². The maximum atomic E-state index is 4.67. The second kappa shape index (κ2) is 2.19. The number of hydrogen-bond donors (Lipinski definition) is 0. The molecule has 0 aromatic carbocycles. The first-order valence-corrected chi connectivity index (χ1v) is 3.78. The summed E-state index contributed by atoms with van der Waals surface area (Å²) in [5, 5.41) is 7.70. The Hall–Kier alpha value is -1.12. The summed E-state index contributed by atoms with van der Waals surface area (Å²) in [5.74, 6) is 0.458. The van der Waals surface area contributed by atoms with Gasteiger partial charge in [0.15, 0.2) is 0 Å². The lowest BCUT2D eigenvalue weighted by atomic mass is 9.93. The number of nitrogens with zero attached hydrogens (tertiary/aromatic N) is 2. The van der Waals surface area contributed by atoms with E-state index in [0.717, 1.165) is 17.8 Å². The van der Waals surface area contributed by atoms with Crippen LogP contribution >= 0.6 is 0 Å². The van der Waals surface area contributed by atoms with Gasteiger partial charge < -0.3 is 0 Å². The third-order valence-corrected chi connectivity index (χ3v) is 2.13. The second-order valence-corrected chi connectivity index (χ2v) is 3.02. The number of fused-ring (bicyclic) bond motifs is 1. The van der Waals surface area contributed by atoms with E-state index in [-0.39, 0.29) is 0 Å². The highest BCUT2D eigenvalue weighted by atomic mass is 16.6. The van der Waals surface area contributed by atoms with Crippen LogP contribution in [-0.4, -0.2) is 10.3 Å². The lowest BCUT2D eigenvalue weighted by Crippen LogP contribution is -2.01. The third-order valence-electron chi connectivity index (χ3n) is 2.13. The average molecular weight is 150 g/mol. The highest BCUT2D eigenvalue weighted by Crippen LogP contribution is 2.30. The van der Waals surface area contributed by atoms with Gasteiger partial charge in [-0.2, -0.15) is 0 Å².